The summed E-state index contributed by atoms with van der Waals surface area (Å²) in [6.07, 6.45) is 6.90. The molecule has 0 saturated carbocycles. The molecule has 0 aliphatic carbocycles. The van der Waals surface area contributed by atoms with Crippen molar-refractivity contribution in [1.29, 1.82) is 0 Å². The lowest BCUT2D eigenvalue weighted by molar-refractivity contribution is -0.00772. The van der Waals surface area contributed by atoms with E-state index in [1.165, 1.54) is 45.2 Å². The molecule has 3 heteroatoms. The molecule has 0 aromatic carbocycles. The Kier molecular flexibility index (Phi) is 5.26. The number of hydrogen-bond acceptors (Lipinski definition) is 3. The molecule has 0 amide bonds. The van der Waals surface area contributed by atoms with Crippen LogP contribution in [0.25, 0.3) is 0 Å². The molecule has 0 spiro atoms. The largest absolute Gasteiger partial charge is 0.377 e. The fourth-order valence-corrected chi connectivity index (χ4v) is 2.94. The first kappa shape index (κ1) is 13.3. The lowest BCUT2D eigenvalue weighted by atomic mass is 10.1. The summed E-state index contributed by atoms with van der Waals surface area (Å²) in [4.78, 5) is 2.61. The molecule has 2 heterocycles. The van der Waals surface area contributed by atoms with Crippen LogP contribution in [0.2, 0.25) is 0 Å². The first-order valence-electron chi connectivity index (χ1n) is 7.34. The van der Waals surface area contributed by atoms with Crippen molar-refractivity contribution < 1.29 is 4.74 Å². The minimum atomic E-state index is 0.502. The predicted octanol–water partition coefficient (Wildman–Crippen LogP) is 2.02. The Balaban J connectivity index is 1.77. The highest BCUT2D eigenvalue weighted by Gasteiger charge is 2.20. The molecule has 2 fully saturated rings. The zero-order valence-corrected chi connectivity index (χ0v) is 11.5. The Bertz CT molecular complexity index is 204. The van der Waals surface area contributed by atoms with E-state index in [0.29, 0.717) is 18.2 Å². The van der Waals surface area contributed by atoms with Crippen molar-refractivity contribution in [2.24, 2.45) is 0 Å². The smallest absolute Gasteiger partial charge is 0.0702 e. The second-order valence-corrected chi connectivity index (χ2v) is 5.84. The van der Waals surface area contributed by atoms with Crippen molar-refractivity contribution >= 4 is 0 Å². The molecule has 100 valence electrons. The maximum Gasteiger partial charge on any atom is 0.0702 e. The maximum atomic E-state index is 5.85. The SMILES string of the molecule is CC1CCN(CC2CCCCO2)CCC(C)N1. The molecule has 3 atom stereocenters. The van der Waals surface area contributed by atoms with E-state index in [1.54, 1.807) is 0 Å². The van der Waals surface area contributed by atoms with Crippen molar-refractivity contribution in [2.75, 3.05) is 26.2 Å². The monoisotopic (exact) mass is 240 g/mol. The highest BCUT2D eigenvalue weighted by atomic mass is 16.5. The third-order valence-electron chi connectivity index (χ3n) is 4.06. The second-order valence-electron chi connectivity index (χ2n) is 5.84. The average molecular weight is 240 g/mol. The van der Waals surface area contributed by atoms with Gasteiger partial charge in [-0.1, -0.05) is 0 Å². The number of nitrogens with one attached hydrogen (secondary N) is 1. The molecule has 2 saturated heterocycles. The molecular weight excluding hydrogens is 212 g/mol. The summed E-state index contributed by atoms with van der Waals surface area (Å²) in [5.41, 5.74) is 0. The van der Waals surface area contributed by atoms with Crippen LogP contribution in [0.4, 0.5) is 0 Å². The van der Waals surface area contributed by atoms with Crippen LogP contribution in [-0.4, -0.2) is 49.3 Å². The molecule has 0 bridgehead atoms. The Morgan fingerprint density at radius 3 is 2.35 bits per heavy atom. The fourth-order valence-electron chi connectivity index (χ4n) is 2.94. The molecule has 2 rings (SSSR count). The molecule has 0 aromatic heterocycles. The van der Waals surface area contributed by atoms with Gasteiger partial charge in [0, 0.05) is 25.2 Å². The Morgan fingerprint density at radius 2 is 1.76 bits per heavy atom. The zero-order chi connectivity index (χ0) is 12.1. The Morgan fingerprint density at radius 1 is 1.06 bits per heavy atom. The number of ether oxygens (including phenoxy) is 1. The highest BCUT2D eigenvalue weighted by molar-refractivity contribution is 4.77. The number of nitrogens with zero attached hydrogens (tertiary/aromatic N) is 1. The topological polar surface area (TPSA) is 24.5 Å². The first-order chi connectivity index (χ1) is 8.24. The van der Waals surface area contributed by atoms with Crippen LogP contribution in [0.1, 0.15) is 46.0 Å². The quantitative estimate of drug-likeness (QED) is 0.799. The van der Waals surface area contributed by atoms with Gasteiger partial charge in [-0.2, -0.15) is 0 Å². The molecule has 3 nitrogen and oxygen atoms in total. The lowest BCUT2D eigenvalue weighted by Crippen LogP contribution is -2.45. The van der Waals surface area contributed by atoms with Crippen LogP contribution in [-0.2, 0) is 4.74 Å². The van der Waals surface area contributed by atoms with E-state index in [9.17, 15) is 0 Å². The molecule has 0 radical (unpaired) electrons. The van der Waals surface area contributed by atoms with Crippen molar-refractivity contribution in [3.63, 3.8) is 0 Å². The summed E-state index contributed by atoms with van der Waals surface area (Å²) < 4.78 is 5.85. The summed E-state index contributed by atoms with van der Waals surface area (Å²) in [5, 5.41) is 3.65. The van der Waals surface area contributed by atoms with E-state index in [-0.39, 0.29) is 0 Å². The summed E-state index contributed by atoms with van der Waals surface area (Å²) in [6, 6.07) is 1.31. The third-order valence-corrected chi connectivity index (χ3v) is 4.06. The first-order valence-corrected chi connectivity index (χ1v) is 7.34. The van der Waals surface area contributed by atoms with E-state index in [4.69, 9.17) is 4.74 Å². The van der Waals surface area contributed by atoms with Crippen LogP contribution >= 0.6 is 0 Å². The van der Waals surface area contributed by atoms with Crippen molar-refractivity contribution in [3.05, 3.63) is 0 Å². The molecule has 0 aromatic rings. The van der Waals surface area contributed by atoms with Gasteiger partial charge in [-0.15, -0.1) is 0 Å². The Hall–Kier alpha value is -0.120. The van der Waals surface area contributed by atoms with E-state index in [2.05, 4.69) is 24.1 Å². The van der Waals surface area contributed by atoms with Gasteiger partial charge in [0.2, 0.25) is 0 Å². The highest BCUT2D eigenvalue weighted by Crippen LogP contribution is 2.15. The minimum absolute atomic E-state index is 0.502. The summed E-state index contributed by atoms with van der Waals surface area (Å²) >= 11 is 0. The molecule has 17 heavy (non-hydrogen) atoms. The lowest BCUT2D eigenvalue weighted by Gasteiger charge is -2.34. The van der Waals surface area contributed by atoms with Gasteiger partial charge < -0.3 is 15.0 Å². The summed E-state index contributed by atoms with van der Waals surface area (Å²) in [7, 11) is 0. The van der Waals surface area contributed by atoms with Crippen LogP contribution in [0, 0.1) is 0 Å². The van der Waals surface area contributed by atoms with Crippen molar-refractivity contribution in [1.82, 2.24) is 10.2 Å². The van der Waals surface area contributed by atoms with E-state index >= 15 is 0 Å². The summed E-state index contributed by atoms with van der Waals surface area (Å²) in [6.45, 7) is 9.18. The van der Waals surface area contributed by atoms with Gasteiger partial charge in [-0.25, -0.2) is 0 Å². The van der Waals surface area contributed by atoms with Crippen LogP contribution < -0.4 is 5.32 Å². The second kappa shape index (κ2) is 6.72. The number of hydrogen-bond donors (Lipinski definition) is 1. The van der Waals surface area contributed by atoms with Gasteiger partial charge in [-0.3, -0.25) is 0 Å². The maximum absolute atomic E-state index is 5.85. The van der Waals surface area contributed by atoms with Crippen LogP contribution in [0.3, 0.4) is 0 Å². The molecule has 2 aliphatic rings. The molecular formula is C14H28N2O. The van der Waals surface area contributed by atoms with Gasteiger partial charge in [0.15, 0.2) is 0 Å². The van der Waals surface area contributed by atoms with Gasteiger partial charge in [0.05, 0.1) is 6.10 Å². The van der Waals surface area contributed by atoms with E-state index in [1.807, 2.05) is 0 Å². The zero-order valence-electron chi connectivity index (χ0n) is 11.5. The molecule has 1 N–H and O–H groups in total. The van der Waals surface area contributed by atoms with Crippen molar-refractivity contribution in [2.45, 2.75) is 64.1 Å². The molecule has 2 aliphatic heterocycles. The van der Waals surface area contributed by atoms with Gasteiger partial charge in [0.1, 0.15) is 0 Å². The number of rotatable bonds is 2. The summed E-state index contributed by atoms with van der Waals surface area (Å²) in [5.74, 6) is 0. The normalized spacial score (nSPS) is 37.4. The molecule has 3 unspecified atom stereocenters. The minimum Gasteiger partial charge on any atom is -0.377 e. The standard InChI is InChI=1S/C14H28N2O/c1-12-6-8-16(9-7-13(2)15-12)11-14-5-3-4-10-17-14/h12-15H,3-11H2,1-2H3. The predicted molar refractivity (Wildman–Crippen MR) is 71.3 cm³/mol. The third kappa shape index (κ3) is 4.57. The van der Waals surface area contributed by atoms with E-state index < -0.39 is 0 Å². The van der Waals surface area contributed by atoms with E-state index in [0.717, 1.165) is 13.2 Å². The van der Waals surface area contributed by atoms with Gasteiger partial charge >= 0.3 is 0 Å². The van der Waals surface area contributed by atoms with Crippen LogP contribution in [0.5, 0.6) is 0 Å². The van der Waals surface area contributed by atoms with Crippen molar-refractivity contribution in [3.8, 4) is 0 Å². The van der Waals surface area contributed by atoms with Crippen LogP contribution in [0.15, 0.2) is 0 Å². The average Bonchev–Trinajstić information content (AvgIpc) is 2.32. The van der Waals surface area contributed by atoms with Gasteiger partial charge in [-0.05, 0) is 59.0 Å². The van der Waals surface area contributed by atoms with Gasteiger partial charge in [0.25, 0.3) is 0 Å². The Labute approximate surface area is 106 Å². The fraction of sp³-hybridized carbons (Fsp3) is 1.00.